The van der Waals surface area contributed by atoms with Gasteiger partial charge in [-0.3, -0.25) is 9.59 Å². The van der Waals surface area contributed by atoms with Gasteiger partial charge in [-0.15, -0.1) is 12.4 Å². The number of carbonyl (C=O) groups is 2. The molecule has 2 amide bonds. The maximum Gasteiger partial charge on any atom is 0.253 e. The van der Waals surface area contributed by atoms with Crippen molar-refractivity contribution in [1.29, 1.82) is 0 Å². The van der Waals surface area contributed by atoms with E-state index in [1.165, 1.54) is 7.11 Å². The average molecular weight is 386 g/mol. The molecule has 3 N–H and O–H groups in total. The highest BCUT2D eigenvalue weighted by molar-refractivity contribution is 5.94. The minimum atomic E-state index is -0.659. The Labute approximate surface area is 160 Å². The van der Waals surface area contributed by atoms with E-state index >= 15 is 0 Å². The predicted octanol–water partition coefficient (Wildman–Crippen LogP) is 1.20. The number of likely N-dealkylation sites (tertiary alicyclic amines) is 1. The van der Waals surface area contributed by atoms with Crippen molar-refractivity contribution in [1.82, 2.24) is 10.2 Å². The number of carbonyl (C=O) groups excluding carboxylic acids is 2. The van der Waals surface area contributed by atoms with Crippen molar-refractivity contribution in [3.8, 4) is 5.75 Å². The third-order valence-corrected chi connectivity index (χ3v) is 4.22. The van der Waals surface area contributed by atoms with E-state index in [1.54, 1.807) is 24.3 Å². The quantitative estimate of drug-likeness (QED) is 0.735. The maximum absolute atomic E-state index is 12.6. The third kappa shape index (κ3) is 6.16. The predicted molar refractivity (Wildman–Crippen MR) is 102 cm³/mol. The molecule has 8 heteroatoms. The third-order valence-electron chi connectivity index (χ3n) is 4.22. The summed E-state index contributed by atoms with van der Waals surface area (Å²) in [4.78, 5) is 26.3. The Morgan fingerprint density at radius 2 is 1.88 bits per heavy atom. The SMILES string of the molecule is CCOc1ccc(C(=O)N2CCC(NC(=O)C(N)COC)CC2)cc1.Cl. The summed E-state index contributed by atoms with van der Waals surface area (Å²) in [6.45, 7) is 3.93. The van der Waals surface area contributed by atoms with Crippen LogP contribution in [0.1, 0.15) is 30.1 Å². The van der Waals surface area contributed by atoms with Gasteiger partial charge < -0.3 is 25.4 Å². The van der Waals surface area contributed by atoms with Gasteiger partial charge in [0, 0.05) is 31.8 Å². The molecule has 7 nitrogen and oxygen atoms in total. The first kappa shape index (κ1) is 22.2. The Bertz CT molecular complexity index is 574. The first-order chi connectivity index (χ1) is 12.0. The van der Waals surface area contributed by atoms with Gasteiger partial charge in [0.25, 0.3) is 5.91 Å². The van der Waals surface area contributed by atoms with Crippen LogP contribution in [-0.4, -0.2) is 62.2 Å². The molecule has 1 saturated heterocycles. The van der Waals surface area contributed by atoms with Crippen LogP contribution in [0.25, 0.3) is 0 Å². The van der Waals surface area contributed by atoms with E-state index in [2.05, 4.69) is 5.32 Å². The molecule has 1 unspecified atom stereocenters. The lowest BCUT2D eigenvalue weighted by Crippen LogP contribution is -2.51. The molecule has 146 valence electrons. The van der Waals surface area contributed by atoms with Gasteiger partial charge in [-0.25, -0.2) is 0 Å². The molecule has 1 aliphatic rings. The van der Waals surface area contributed by atoms with Crippen molar-refractivity contribution in [2.75, 3.05) is 33.4 Å². The van der Waals surface area contributed by atoms with Crippen molar-refractivity contribution >= 4 is 24.2 Å². The van der Waals surface area contributed by atoms with Gasteiger partial charge in [-0.1, -0.05) is 0 Å². The lowest BCUT2D eigenvalue weighted by Gasteiger charge is -2.33. The van der Waals surface area contributed by atoms with Crippen LogP contribution >= 0.6 is 12.4 Å². The van der Waals surface area contributed by atoms with E-state index in [4.69, 9.17) is 15.2 Å². The second kappa shape index (κ2) is 11.0. The Kier molecular flexibility index (Phi) is 9.40. The van der Waals surface area contributed by atoms with Gasteiger partial charge in [0.1, 0.15) is 11.8 Å². The maximum atomic E-state index is 12.6. The minimum absolute atomic E-state index is 0. The van der Waals surface area contributed by atoms with Crippen molar-refractivity contribution in [2.45, 2.75) is 31.8 Å². The van der Waals surface area contributed by atoms with Gasteiger partial charge in [0.05, 0.1) is 13.2 Å². The number of nitrogens with two attached hydrogens (primary N) is 1. The van der Waals surface area contributed by atoms with Crippen LogP contribution in [0.4, 0.5) is 0 Å². The fraction of sp³-hybridized carbons (Fsp3) is 0.556. The number of rotatable bonds is 7. The number of benzene rings is 1. The highest BCUT2D eigenvalue weighted by atomic mass is 35.5. The van der Waals surface area contributed by atoms with Gasteiger partial charge in [0.15, 0.2) is 0 Å². The van der Waals surface area contributed by atoms with Crippen LogP contribution in [0.3, 0.4) is 0 Å². The van der Waals surface area contributed by atoms with Gasteiger partial charge >= 0.3 is 0 Å². The summed E-state index contributed by atoms with van der Waals surface area (Å²) in [5.74, 6) is 0.551. The second-order valence-corrected chi connectivity index (χ2v) is 6.09. The van der Waals surface area contributed by atoms with Crippen LogP contribution < -0.4 is 15.8 Å². The highest BCUT2D eigenvalue weighted by Crippen LogP contribution is 2.17. The van der Waals surface area contributed by atoms with Crippen LogP contribution in [0, 0.1) is 0 Å². The zero-order chi connectivity index (χ0) is 18.2. The van der Waals surface area contributed by atoms with E-state index in [9.17, 15) is 9.59 Å². The van der Waals surface area contributed by atoms with E-state index in [0.717, 1.165) is 5.75 Å². The molecule has 0 aromatic heterocycles. The van der Waals surface area contributed by atoms with Crippen molar-refractivity contribution < 1.29 is 19.1 Å². The normalized spacial score (nSPS) is 15.7. The van der Waals surface area contributed by atoms with Gasteiger partial charge in [-0.2, -0.15) is 0 Å². The van der Waals surface area contributed by atoms with Crippen LogP contribution in [0.15, 0.2) is 24.3 Å². The Morgan fingerprint density at radius 1 is 1.27 bits per heavy atom. The molecule has 1 fully saturated rings. The molecule has 0 saturated carbocycles. The summed E-state index contributed by atoms with van der Waals surface area (Å²) in [5, 5.41) is 2.93. The first-order valence-electron chi connectivity index (χ1n) is 8.62. The fourth-order valence-corrected chi connectivity index (χ4v) is 2.83. The molecular formula is C18H28ClN3O4. The largest absolute Gasteiger partial charge is 0.494 e. The van der Waals surface area contributed by atoms with E-state index in [1.807, 2.05) is 11.8 Å². The Morgan fingerprint density at radius 3 is 2.42 bits per heavy atom. The number of halogens is 1. The molecule has 1 aromatic carbocycles. The number of nitrogens with one attached hydrogen (secondary N) is 1. The number of nitrogens with zero attached hydrogens (tertiary/aromatic N) is 1. The average Bonchev–Trinajstić information content (AvgIpc) is 2.63. The van der Waals surface area contributed by atoms with Crippen LogP contribution in [0.5, 0.6) is 5.75 Å². The first-order valence-corrected chi connectivity index (χ1v) is 8.62. The Balaban J connectivity index is 0.00000338. The number of hydrogen-bond donors (Lipinski definition) is 2. The monoisotopic (exact) mass is 385 g/mol. The number of amides is 2. The van der Waals surface area contributed by atoms with Gasteiger partial charge in [-0.05, 0) is 44.0 Å². The zero-order valence-corrected chi connectivity index (χ0v) is 16.1. The molecule has 0 aliphatic carbocycles. The zero-order valence-electron chi connectivity index (χ0n) is 15.3. The smallest absolute Gasteiger partial charge is 0.253 e. The number of hydrogen-bond acceptors (Lipinski definition) is 5. The van der Waals surface area contributed by atoms with Gasteiger partial charge in [0.2, 0.25) is 5.91 Å². The van der Waals surface area contributed by atoms with Crippen molar-refractivity contribution in [2.24, 2.45) is 5.73 Å². The number of piperidine rings is 1. The summed E-state index contributed by atoms with van der Waals surface area (Å²) in [6.07, 6.45) is 1.43. The Hall–Kier alpha value is -1.83. The highest BCUT2D eigenvalue weighted by Gasteiger charge is 2.26. The van der Waals surface area contributed by atoms with Crippen molar-refractivity contribution in [3.63, 3.8) is 0 Å². The van der Waals surface area contributed by atoms with Crippen LogP contribution in [0.2, 0.25) is 0 Å². The summed E-state index contributed by atoms with van der Waals surface area (Å²) in [7, 11) is 1.51. The van der Waals surface area contributed by atoms with E-state index in [-0.39, 0.29) is 36.9 Å². The molecule has 26 heavy (non-hydrogen) atoms. The molecule has 0 radical (unpaired) electrons. The van der Waals surface area contributed by atoms with E-state index in [0.29, 0.717) is 38.1 Å². The molecule has 1 heterocycles. The lowest BCUT2D eigenvalue weighted by atomic mass is 10.0. The second-order valence-electron chi connectivity index (χ2n) is 6.09. The minimum Gasteiger partial charge on any atom is -0.494 e. The summed E-state index contributed by atoms with van der Waals surface area (Å²) in [6, 6.07) is 6.56. The lowest BCUT2D eigenvalue weighted by molar-refractivity contribution is -0.124. The van der Waals surface area contributed by atoms with Crippen LogP contribution in [-0.2, 0) is 9.53 Å². The topological polar surface area (TPSA) is 93.9 Å². The molecule has 1 aromatic rings. The molecule has 1 aliphatic heterocycles. The molecular weight excluding hydrogens is 358 g/mol. The molecule has 2 rings (SSSR count). The fourth-order valence-electron chi connectivity index (χ4n) is 2.83. The summed E-state index contributed by atoms with van der Waals surface area (Å²) < 4.78 is 10.3. The molecule has 0 bridgehead atoms. The summed E-state index contributed by atoms with van der Waals surface area (Å²) >= 11 is 0. The van der Waals surface area contributed by atoms with E-state index < -0.39 is 6.04 Å². The van der Waals surface area contributed by atoms with Crippen molar-refractivity contribution in [3.05, 3.63) is 29.8 Å². The standard InChI is InChI=1S/C18H27N3O4.ClH/c1-3-25-15-6-4-13(5-7-15)18(23)21-10-8-14(9-11-21)20-17(22)16(19)12-24-2;/h4-7,14,16H,3,8-12,19H2,1-2H3,(H,20,22);1H. The molecule has 1 atom stereocenters. The number of ether oxygens (including phenoxy) is 2. The number of methoxy groups -OCH3 is 1. The molecule has 0 spiro atoms. The summed E-state index contributed by atoms with van der Waals surface area (Å²) in [5.41, 5.74) is 6.36.